The maximum atomic E-state index is 8.93. The van der Waals surface area contributed by atoms with Crippen molar-refractivity contribution in [2.75, 3.05) is 13.1 Å². The molecule has 1 aliphatic heterocycles. The van der Waals surface area contributed by atoms with Gasteiger partial charge in [0.2, 0.25) is 0 Å². The smallest absolute Gasteiger partial charge is 0.140 e. The van der Waals surface area contributed by atoms with E-state index in [1.165, 1.54) is 37.1 Å². The van der Waals surface area contributed by atoms with E-state index < -0.39 is 0 Å². The zero-order valence-electron chi connectivity index (χ0n) is 13.1. The Kier molecular flexibility index (Phi) is 3.77. The number of ether oxygens (including phenoxy) is 1. The molecule has 3 nitrogen and oxygen atoms in total. The largest absolute Gasteiger partial charge is 0.484 e. The summed E-state index contributed by atoms with van der Waals surface area (Å²) in [4.78, 5) is 2.58. The van der Waals surface area contributed by atoms with Crippen LogP contribution in [0.15, 0.2) is 48.5 Å². The van der Waals surface area contributed by atoms with Crippen molar-refractivity contribution < 1.29 is 4.74 Å². The normalized spacial score (nSPS) is 23.4. The van der Waals surface area contributed by atoms with Crippen LogP contribution in [0.4, 0.5) is 0 Å². The zero-order chi connectivity index (χ0) is 15.6. The molecule has 2 unspecified atom stereocenters. The second-order valence-corrected chi connectivity index (χ2v) is 6.39. The van der Waals surface area contributed by atoms with Crippen LogP contribution in [0.5, 0.6) is 5.75 Å². The predicted molar refractivity (Wildman–Crippen MR) is 89.3 cm³/mol. The fraction of sp³-hybridized carbons (Fsp3) is 0.350. The van der Waals surface area contributed by atoms with E-state index in [0.717, 1.165) is 12.2 Å². The summed E-state index contributed by atoms with van der Waals surface area (Å²) in [7, 11) is 0. The van der Waals surface area contributed by atoms with E-state index in [1.54, 1.807) is 0 Å². The SMILES string of the molecule is N#Cc1ccc(OC2c3ccccc3CC2N2CCCC2)cc1. The fourth-order valence-electron chi connectivity index (χ4n) is 3.83. The van der Waals surface area contributed by atoms with Gasteiger partial charge in [0.25, 0.3) is 0 Å². The Balaban J connectivity index is 1.62. The highest BCUT2D eigenvalue weighted by Gasteiger charge is 2.38. The highest BCUT2D eigenvalue weighted by molar-refractivity contribution is 5.39. The second-order valence-electron chi connectivity index (χ2n) is 6.39. The van der Waals surface area contributed by atoms with Crippen molar-refractivity contribution in [3.63, 3.8) is 0 Å². The molecule has 23 heavy (non-hydrogen) atoms. The number of benzene rings is 2. The summed E-state index contributed by atoms with van der Waals surface area (Å²) in [6, 6.07) is 18.7. The molecule has 0 radical (unpaired) electrons. The van der Waals surface area contributed by atoms with Crippen LogP contribution in [0.3, 0.4) is 0 Å². The lowest BCUT2D eigenvalue weighted by Crippen LogP contribution is -2.37. The highest BCUT2D eigenvalue weighted by Crippen LogP contribution is 2.39. The van der Waals surface area contributed by atoms with Crippen molar-refractivity contribution >= 4 is 0 Å². The molecule has 0 aromatic heterocycles. The van der Waals surface area contributed by atoms with E-state index in [-0.39, 0.29) is 6.10 Å². The maximum Gasteiger partial charge on any atom is 0.140 e. The first-order chi connectivity index (χ1) is 11.3. The Morgan fingerprint density at radius 1 is 1.00 bits per heavy atom. The molecule has 2 aliphatic rings. The van der Waals surface area contributed by atoms with Gasteiger partial charge in [0, 0.05) is 0 Å². The molecule has 0 amide bonds. The molecule has 3 heteroatoms. The van der Waals surface area contributed by atoms with Gasteiger partial charge in [0.15, 0.2) is 0 Å². The van der Waals surface area contributed by atoms with Gasteiger partial charge in [-0.2, -0.15) is 5.26 Å². The summed E-state index contributed by atoms with van der Waals surface area (Å²) in [5.74, 6) is 0.843. The number of likely N-dealkylation sites (tertiary alicyclic amines) is 1. The Labute approximate surface area is 137 Å². The standard InChI is InChI=1S/C20H20N2O/c21-14-15-7-9-17(10-8-15)23-20-18-6-2-1-5-16(18)13-19(20)22-11-3-4-12-22/h1-2,5-10,19-20H,3-4,11-13H2. The van der Waals surface area contributed by atoms with Crippen LogP contribution in [-0.2, 0) is 6.42 Å². The molecule has 116 valence electrons. The van der Waals surface area contributed by atoms with Crippen LogP contribution in [0.25, 0.3) is 0 Å². The van der Waals surface area contributed by atoms with Crippen molar-refractivity contribution in [3.8, 4) is 11.8 Å². The molecular formula is C20H20N2O. The maximum absolute atomic E-state index is 8.93. The van der Waals surface area contributed by atoms with E-state index in [2.05, 4.69) is 35.2 Å². The lowest BCUT2D eigenvalue weighted by atomic mass is 10.1. The highest BCUT2D eigenvalue weighted by atomic mass is 16.5. The molecule has 4 rings (SSSR count). The number of hydrogen-bond acceptors (Lipinski definition) is 3. The fourth-order valence-corrected chi connectivity index (χ4v) is 3.83. The average molecular weight is 304 g/mol. The molecule has 1 heterocycles. The molecule has 1 fully saturated rings. The summed E-state index contributed by atoms with van der Waals surface area (Å²) >= 11 is 0. The quantitative estimate of drug-likeness (QED) is 0.867. The summed E-state index contributed by atoms with van der Waals surface area (Å²) in [5.41, 5.74) is 3.39. The molecule has 0 spiro atoms. The van der Waals surface area contributed by atoms with E-state index in [1.807, 2.05) is 24.3 Å². The van der Waals surface area contributed by atoms with Crippen LogP contribution < -0.4 is 4.74 Å². The third-order valence-electron chi connectivity index (χ3n) is 5.00. The van der Waals surface area contributed by atoms with E-state index in [4.69, 9.17) is 10.00 Å². The molecule has 2 atom stereocenters. The van der Waals surface area contributed by atoms with Crippen molar-refractivity contribution in [1.29, 1.82) is 5.26 Å². The van der Waals surface area contributed by atoms with Gasteiger partial charge < -0.3 is 4.74 Å². The monoisotopic (exact) mass is 304 g/mol. The Hall–Kier alpha value is -2.31. The van der Waals surface area contributed by atoms with E-state index in [9.17, 15) is 0 Å². The van der Waals surface area contributed by atoms with Gasteiger partial charge in [-0.05, 0) is 67.7 Å². The van der Waals surface area contributed by atoms with Crippen molar-refractivity contribution in [2.24, 2.45) is 0 Å². The van der Waals surface area contributed by atoms with Crippen molar-refractivity contribution in [2.45, 2.75) is 31.4 Å². The number of nitriles is 1. The molecule has 2 aromatic carbocycles. The van der Waals surface area contributed by atoms with Gasteiger partial charge in [-0.1, -0.05) is 24.3 Å². The molecule has 2 aromatic rings. The predicted octanol–water partition coefficient (Wildman–Crippen LogP) is 3.70. The Morgan fingerprint density at radius 2 is 1.74 bits per heavy atom. The summed E-state index contributed by atoms with van der Waals surface area (Å²) in [5, 5.41) is 8.93. The van der Waals surface area contributed by atoms with E-state index in [0.29, 0.717) is 11.6 Å². The molecule has 1 aliphatic carbocycles. The average Bonchev–Trinajstić information content (AvgIpc) is 3.24. The van der Waals surface area contributed by atoms with Gasteiger partial charge in [-0.3, -0.25) is 4.90 Å². The lowest BCUT2D eigenvalue weighted by molar-refractivity contribution is 0.0941. The summed E-state index contributed by atoms with van der Waals surface area (Å²) in [6.07, 6.45) is 3.72. The first-order valence-corrected chi connectivity index (χ1v) is 8.34. The lowest BCUT2D eigenvalue weighted by Gasteiger charge is -2.30. The third kappa shape index (κ3) is 2.71. The topological polar surface area (TPSA) is 36.3 Å². The molecular weight excluding hydrogens is 284 g/mol. The second kappa shape index (κ2) is 6.06. The van der Waals surface area contributed by atoms with Crippen LogP contribution in [-0.4, -0.2) is 24.0 Å². The summed E-state index contributed by atoms with van der Waals surface area (Å²) in [6.45, 7) is 2.35. The van der Waals surface area contributed by atoms with Crippen molar-refractivity contribution in [3.05, 3.63) is 65.2 Å². The van der Waals surface area contributed by atoms with Crippen LogP contribution in [0, 0.1) is 11.3 Å². The zero-order valence-corrected chi connectivity index (χ0v) is 13.1. The first-order valence-electron chi connectivity index (χ1n) is 8.34. The number of rotatable bonds is 3. The van der Waals surface area contributed by atoms with Gasteiger partial charge in [0.1, 0.15) is 11.9 Å². The Bertz CT molecular complexity index is 726. The number of fused-ring (bicyclic) bond motifs is 1. The third-order valence-corrected chi connectivity index (χ3v) is 5.00. The molecule has 0 bridgehead atoms. The minimum atomic E-state index is 0.0808. The van der Waals surface area contributed by atoms with Gasteiger partial charge in [-0.25, -0.2) is 0 Å². The van der Waals surface area contributed by atoms with Crippen LogP contribution in [0.1, 0.15) is 35.6 Å². The number of nitrogens with zero attached hydrogens (tertiary/aromatic N) is 2. The minimum Gasteiger partial charge on any atom is -0.484 e. The summed E-state index contributed by atoms with van der Waals surface area (Å²) < 4.78 is 6.38. The first kappa shape index (κ1) is 14.3. The Morgan fingerprint density at radius 3 is 2.48 bits per heavy atom. The van der Waals surface area contributed by atoms with Gasteiger partial charge >= 0.3 is 0 Å². The van der Waals surface area contributed by atoms with E-state index >= 15 is 0 Å². The number of hydrogen-bond donors (Lipinski definition) is 0. The van der Waals surface area contributed by atoms with Crippen molar-refractivity contribution in [1.82, 2.24) is 4.90 Å². The molecule has 0 saturated carbocycles. The van der Waals surface area contributed by atoms with Gasteiger partial charge in [0.05, 0.1) is 17.7 Å². The van der Waals surface area contributed by atoms with Gasteiger partial charge in [-0.15, -0.1) is 0 Å². The molecule has 0 N–H and O–H groups in total. The minimum absolute atomic E-state index is 0.0808. The molecule has 1 saturated heterocycles. The van der Waals surface area contributed by atoms with Crippen LogP contribution in [0.2, 0.25) is 0 Å². The van der Waals surface area contributed by atoms with Crippen LogP contribution >= 0.6 is 0 Å².